The maximum absolute atomic E-state index is 12.6. The molecular weight excluding hydrogens is 549 g/mol. The molecule has 0 fully saturated rings. The summed E-state index contributed by atoms with van der Waals surface area (Å²) < 4.78 is 8.04. The molecule has 0 bridgehead atoms. The van der Waals surface area contributed by atoms with Crippen LogP contribution in [0.1, 0.15) is 20.9 Å². The number of anilines is 1. The molecule has 1 amide bonds. The third-order valence-corrected chi connectivity index (χ3v) is 6.70. The summed E-state index contributed by atoms with van der Waals surface area (Å²) in [5.41, 5.74) is 3.14. The van der Waals surface area contributed by atoms with Gasteiger partial charge in [0.25, 0.3) is 5.91 Å². The van der Waals surface area contributed by atoms with Gasteiger partial charge in [0, 0.05) is 14.6 Å². The Morgan fingerprint density at radius 1 is 1.19 bits per heavy atom. The normalized spacial score (nSPS) is 11.0. The Morgan fingerprint density at radius 3 is 2.71 bits per heavy atom. The van der Waals surface area contributed by atoms with Crippen molar-refractivity contribution in [2.45, 2.75) is 13.8 Å². The maximum Gasteiger partial charge on any atom is 0.348 e. The van der Waals surface area contributed by atoms with Gasteiger partial charge < -0.3 is 10.1 Å². The van der Waals surface area contributed by atoms with E-state index in [1.807, 2.05) is 50.2 Å². The van der Waals surface area contributed by atoms with Gasteiger partial charge in [-0.05, 0) is 78.4 Å². The van der Waals surface area contributed by atoms with Crippen molar-refractivity contribution in [2.24, 2.45) is 0 Å². The molecule has 4 aromatic rings. The topological polar surface area (TPSA) is 73.2 Å². The lowest BCUT2D eigenvalue weighted by molar-refractivity contribution is -0.119. The van der Waals surface area contributed by atoms with Crippen LogP contribution in [0.15, 0.2) is 48.5 Å². The van der Waals surface area contributed by atoms with Crippen LogP contribution >= 0.6 is 45.5 Å². The molecule has 2 aromatic carbocycles. The zero-order valence-corrected chi connectivity index (χ0v) is 20.3. The lowest BCUT2D eigenvalue weighted by atomic mass is 10.2. The van der Waals surface area contributed by atoms with Crippen molar-refractivity contribution in [3.05, 3.63) is 73.3 Å². The summed E-state index contributed by atoms with van der Waals surface area (Å²) in [7, 11) is 0. The SMILES string of the molecule is Cc1cc(I)ccc1NC(=O)COC(=O)c1cc2c(C)nn(-c3ccccc3Cl)c2s1. The number of esters is 1. The lowest BCUT2D eigenvalue weighted by Crippen LogP contribution is -2.21. The highest BCUT2D eigenvalue weighted by molar-refractivity contribution is 14.1. The Bertz CT molecular complexity index is 1310. The third kappa shape index (κ3) is 4.60. The van der Waals surface area contributed by atoms with Crippen LogP contribution in [-0.4, -0.2) is 28.3 Å². The first-order valence-electron chi connectivity index (χ1n) is 9.30. The summed E-state index contributed by atoms with van der Waals surface area (Å²) in [6.45, 7) is 3.41. The number of hydrogen-bond donors (Lipinski definition) is 1. The third-order valence-electron chi connectivity index (χ3n) is 4.62. The summed E-state index contributed by atoms with van der Waals surface area (Å²) in [5, 5.41) is 8.71. The van der Waals surface area contributed by atoms with Crippen molar-refractivity contribution >= 4 is 73.3 Å². The molecule has 0 aliphatic heterocycles. The Hall–Kier alpha value is -2.43. The first-order valence-corrected chi connectivity index (χ1v) is 11.6. The van der Waals surface area contributed by atoms with Crippen LogP contribution in [0.3, 0.4) is 0 Å². The Kier molecular flexibility index (Phi) is 6.31. The molecule has 0 atom stereocenters. The van der Waals surface area contributed by atoms with Gasteiger partial charge in [-0.15, -0.1) is 11.3 Å². The van der Waals surface area contributed by atoms with Crippen LogP contribution in [0, 0.1) is 17.4 Å². The van der Waals surface area contributed by atoms with E-state index in [0.717, 1.165) is 30.7 Å². The zero-order valence-electron chi connectivity index (χ0n) is 16.6. The molecule has 1 N–H and O–H groups in total. The smallest absolute Gasteiger partial charge is 0.348 e. The van der Waals surface area contributed by atoms with Gasteiger partial charge in [-0.2, -0.15) is 5.10 Å². The number of nitrogens with zero attached hydrogens (tertiary/aromatic N) is 2. The number of fused-ring (bicyclic) bond motifs is 1. The molecule has 9 heteroatoms. The number of ether oxygens (including phenoxy) is 1. The monoisotopic (exact) mass is 565 g/mol. The van der Waals surface area contributed by atoms with Gasteiger partial charge in [0.1, 0.15) is 9.71 Å². The lowest BCUT2D eigenvalue weighted by Gasteiger charge is -2.09. The first-order chi connectivity index (χ1) is 14.8. The van der Waals surface area contributed by atoms with E-state index in [0.29, 0.717) is 15.6 Å². The maximum atomic E-state index is 12.6. The van der Waals surface area contributed by atoms with Crippen molar-refractivity contribution in [2.75, 3.05) is 11.9 Å². The molecule has 4 rings (SSSR count). The number of halogens is 2. The van der Waals surface area contributed by atoms with Crippen molar-refractivity contribution in [1.82, 2.24) is 9.78 Å². The summed E-state index contributed by atoms with van der Waals surface area (Å²) in [6.07, 6.45) is 0. The second-order valence-corrected chi connectivity index (χ2v) is 9.55. The molecule has 0 aliphatic rings. The highest BCUT2D eigenvalue weighted by Crippen LogP contribution is 2.32. The van der Waals surface area contributed by atoms with Gasteiger partial charge >= 0.3 is 5.97 Å². The van der Waals surface area contributed by atoms with Crippen LogP contribution in [0.25, 0.3) is 15.9 Å². The second-order valence-electron chi connectivity index (χ2n) is 6.86. The molecule has 6 nitrogen and oxygen atoms in total. The van der Waals surface area contributed by atoms with Gasteiger partial charge in [0.15, 0.2) is 6.61 Å². The van der Waals surface area contributed by atoms with Gasteiger partial charge in [0.2, 0.25) is 0 Å². The number of benzene rings is 2. The van der Waals surface area contributed by atoms with Crippen molar-refractivity contribution in [3.63, 3.8) is 0 Å². The molecule has 0 aliphatic carbocycles. The number of nitrogens with one attached hydrogen (secondary N) is 1. The molecule has 0 spiro atoms. The van der Waals surface area contributed by atoms with Gasteiger partial charge in [0.05, 0.1) is 16.4 Å². The summed E-state index contributed by atoms with van der Waals surface area (Å²) in [5.74, 6) is -0.946. The molecular formula is C22H17ClIN3O3S. The van der Waals surface area contributed by atoms with Crippen LogP contribution in [0.4, 0.5) is 5.69 Å². The van der Waals surface area contributed by atoms with Crippen LogP contribution in [-0.2, 0) is 9.53 Å². The minimum Gasteiger partial charge on any atom is -0.451 e. The Labute approximate surface area is 201 Å². The highest BCUT2D eigenvalue weighted by atomic mass is 127. The van der Waals surface area contributed by atoms with Crippen molar-refractivity contribution in [3.8, 4) is 5.69 Å². The minimum atomic E-state index is -0.555. The van der Waals surface area contributed by atoms with Crippen LogP contribution in [0.5, 0.6) is 0 Å². The van der Waals surface area contributed by atoms with E-state index in [1.54, 1.807) is 16.8 Å². The number of carbonyl (C=O) groups excluding carboxylic acids is 2. The van der Waals surface area contributed by atoms with E-state index in [4.69, 9.17) is 16.3 Å². The Morgan fingerprint density at radius 2 is 1.97 bits per heavy atom. The number of rotatable bonds is 5. The highest BCUT2D eigenvalue weighted by Gasteiger charge is 2.20. The van der Waals surface area contributed by atoms with E-state index in [1.165, 1.54) is 11.3 Å². The number of aromatic nitrogens is 2. The quantitative estimate of drug-likeness (QED) is 0.247. The van der Waals surface area contributed by atoms with E-state index in [-0.39, 0.29) is 6.61 Å². The number of aryl methyl sites for hydroxylation is 2. The number of para-hydroxylation sites is 1. The summed E-state index contributed by atoms with van der Waals surface area (Å²) in [4.78, 5) is 26.0. The molecule has 2 heterocycles. The zero-order chi connectivity index (χ0) is 22.1. The average Bonchev–Trinajstić information content (AvgIpc) is 3.30. The predicted octanol–water partition coefficient (Wildman–Crippen LogP) is 5.76. The van der Waals surface area contributed by atoms with Crippen LogP contribution < -0.4 is 5.32 Å². The molecule has 31 heavy (non-hydrogen) atoms. The molecule has 2 aromatic heterocycles. The van der Waals surface area contributed by atoms with Gasteiger partial charge in [-0.3, -0.25) is 4.79 Å². The summed E-state index contributed by atoms with van der Waals surface area (Å²) in [6, 6.07) is 14.8. The molecule has 0 saturated carbocycles. The van der Waals surface area contributed by atoms with E-state index in [2.05, 4.69) is 33.0 Å². The molecule has 158 valence electrons. The number of carbonyl (C=O) groups is 2. The molecule has 0 saturated heterocycles. The fourth-order valence-corrected chi connectivity index (χ4v) is 5.02. The standard InChI is InChI=1S/C22H17ClIN3O3S/c1-12-9-14(24)7-8-17(12)25-20(28)11-30-22(29)19-10-15-13(2)26-27(21(15)31-19)18-6-4-3-5-16(18)23/h3-10H,11H2,1-2H3,(H,25,28). The second kappa shape index (κ2) is 8.97. The Balaban J connectivity index is 1.49. The van der Waals surface area contributed by atoms with E-state index in [9.17, 15) is 9.59 Å². The number of hydrogen-bond acceptors (Lipinski definition) is 5. The average molecular weight is 566 g/mol. The van der Waals surface area contributed by atoms with Gasteiger partial charge in [-0.1, -0.05) is 23.7 Å². The fraction of sp³-hybridized carbons (Fsp3) is 0.136. The summed E-state index contributed by atoms with van der Waals surface area (Å²) >= 11 is 9.77. The number of thiophene rings is 1. The predicted molar refractivity (Wildman–Crippen MR) is 132 cm³/mol. The minimum absolute atomic E-state index is 0.367. The van der Waals surface area contributed by atoms with Gasteiger partial charge in [-0.25, -0.2) is 9.48 Å². The first kappa shape index (κ1) is 21.8. The van der Waals surface area contributed by atoms with E-state index < -0.39 is 11.9 Å². The molecule has 0 radical (unpaired) electrons. The fourth-order valence-electron chi connectivity index (χ4n) is 3.09. The largest absolute Gasteiger partial charge is 0.451 e. The van der Waals surface area contributed by atoms with Crippen molar-refractivity contribution < 1.29 is 14.3 Å². The van der Waals surface area contributed by atoms with Crippen molar-refractivity contribution in [1.29, 1.82) is 0 Å². The number of amides is 1. The van der Waals surface area contributed by atoms with Crippen LogP contribution in [0.2, 0.25) is 5.02 Å². The van der Waals surface area contributed by atoms with E-state index >= 15 is 0 Å². The molecule has 0 unspecified atom stereocenters.